The lowest BCUT2D eigenvalue weighted by Crippen LogP contribution is -2.36. The van der Waals surface area contributed by atoms with E-state index in [0.717, 1.165) is 19.3 Å². The van der Waals surface area contributed by atoms with Crippen LogP contribution in [0.15, 0.2) is 24.3 Å². The van der Waals surface area contributed by atoms with Crippen LogP contribution in [-0.2, 0) is 0 Å². The Hall–Kier alpha value is -2.04. The van der Waals surface area contributed by atoms with Crippen molar-refractivity contribution >= 4 is 17.7 Å². The summed E-state index contributed by atoms with van der Waals surface area (Å²) in [5, 5.41) is 14.4. The zero-order valence-electron chi connectivity index (χ0n) is 12.8. The second-order valence-corrected chi connectivity index (χ2v) is 5.71. The number of amides is 2. The van der Waals surface area contributed by atoms with E-state index in [2.05, 4.69) is 24.5 Å². The third-order valence-corrected chi connectivity index (χ3v) is 3.16. The first-order valence-corrected chi connectivity index (χ1v) is 7.29. The average molecular weight is 292 g/mol. The van der Waals surface area contributed by atoms with Gasteiger partial charge in [-0.05, 0) is 37.5 Å². The number of benzene rings is 1. The minimum atomic E-state index is -1.01. The Kier molecular flexibility index (Phi) is 6.72. The molecule has 0 aliphatic carbocycles. The van der Waals surface area contributed by atoms with Crippen molar-refractivity contribution in [3.8, 4) is 0 Å². The molecule has 3 N–H and O–H groups in total. The van der Waals surface area contributed by atoms with Gasteiger partial charge in [-0.1, -0.05) is 32.8 Å². The largest absolute Gasteiger partial charge is 0.478 e. The first-order valence-electron chi connectivity index (χ1n) is 7.29. The Morgan fingerprint density at radius 2 is 1.90 bits per heavy atom. The van der Waals surface area contributed by atoms with Crippen molar-refractivity contribution in [2.24, 2.45) is 5.92 Å². The van der Waals surface area contributed by atoms with Crippen molar-refractivity contribution in [1.82, 2.24) is 5.32 Å². The van der Waals surface area contributed by atoms with Crippen LogP contribution in [0.25, 0.3) is 0 Å². The monoisotopic (exact) mass is 292 g/mol. The molecular weight excluding hydrogens is 268 g/mol. The molecule has 1 atom stereocenters. The summed E-state index contributed by atoms with van der Waals surface area (Å²) in [5.41, 5.74) is 0.625. The molecule has 0 saturated carbocycles. The third kappa shape index (κ3) is 6.79. The number of nitrogens with one attached hydrogen (secondary N) is 2. The smallest absolute Gasteiger partial charge is 0.335 e. The molecule has 116 valence electrons. The normalized spacial score (nSPS) is 12.0. The predicted octanol–water partition coefficient (Wildman–Crippen LogP) is 3.72. The number of hydrogen-bond donors (Lipinski definition) is 3. The van der Waals surface area contributed by atoms with Gasteiger partial charge in [-0.2, -0.15) is 0 Å². The lowest BCUT2D eigenvalue weighted by Gasteiger charge is -2.15. The molecule has 21 heavy (non-hydrogen) atoms. The zero-order valence-corrected chi connectivity index (χ0v) is 12.8. The second kappa shape index (κ2) is 8.29. The molecule has 0 aliphatic rings. The summed E-state index contributed by atoms with van der Waals surface area (Å²) in [7, 11) is 0. The highest BCUT2D eigenvalue weighted by molar-refractivity contribution is 5.93. The summed E-state index contributed by atoms with van der Waals surface area (Å²) in [4.78, 5) is 22.7. The molecule has 1 aromatic rings. The molecule has 2 amide bonds. The number of anilines is 1. The molecule has 0 fully saturated rings. The van der Waals surface area contributed by atoms with Crippen molar-refractivity contribution in [1.29, 1.82) is 0 Å². The van der Waals surface area contributed by atoms with Gasteiger partial charge in [-0.15, -0.1) is 0 Å². The van der Waals surface area contributed by atoms with Gasteiger partial charge in [0.05, 0.1) is 5.56 Å². The van der Waals surface area contributed by atoms with Gasteiger partial charge < -0.3 is 15.7 Å². The first-order chi connectivity index (χ1) is 9.88. The van der Waals surface area contributed by atoms with E-state index < -0.39 is 5.97 Å². The van der Waals surface area contributed by atoms with E-state index in [9.17, 15) is 9.59 Å². The summed E-state index contributed by atoms with van der Waals surface area (Å²) in [5.74, 6) is -0.342. The van der Waals surface area contributed by atoms with E-state index in [1.165, 1.54) is 12.1 Å². The standard InChI is InChI=1S/C16H24N2O3/c1-11(2)6-4-7-12(3)17-16(21)18-14-9-5-8-13(10-14)15(19)20/h5,8-12H,4,6-7H2,1-3H3,(H,19,20)(H2,17,18,21). The lowest BCUT2D eigenvalue weighted by atomic mass is 10.0. The van der Waals surface area contributed by atoms with E-state index >= 15 is 0 Å². The van der Waals surface area contributed by atoms with Crippen LogP contribution in [-0.4, -0.2) is 23.1 Å². The summed E-state index contributed by atoms with van der Waals surface area (Å²) in [6, 6.07) is 5.97. The molecule has 1 aromatic carbocycles. The van der Waals surface area contributed by atoms with Gasteiger partial charge in [-0.25, -0.2) is 9.59 Å². The van der Waals surface area contributed by atoms with Crippen LogP contribution in [0.1, 0.15) is 50.4 Å². The molecule has 0 heterocycles. The number of urea groups is 1. The summed E-state index contributed by atoms with van der Waals surface area (Å²) in [6.07, 6.45) is 3.16. The average Bonchev–Trinajstić information content (AvgIpc) is 2.38. The number of carboxylic acids is 1. The van der Waals surface area contributed by atoms with Gasteiger partial charge in [0.2, 0.25) is 0 Å². The van der Waals surface area contributed by atoms with Crippen molar-refractivity contribution in [2.75, 3.05) is 5.32 Å². The maximum atomic E-state index is 11.8. The Morgan fingerprint density at radius 1 is 1.19 bits per heavy atom. The van der Waals surface area contributed by atoms with Crippen LogP contribution >= 0.6 is 0 Å². The van der Waals surface area contributed by atoms with Crippen molar-refractivity contribution in [3.63, 3.8) is 0 Å². The van der Waals surface area contributed by atoms with Gasteiger partial charge in [0.25, 0.3) is 0 Å². The number of carboxylic acid groups (broad SMARTS) is 1. The molecule has 0 bridgehead atoms. The number of carbonyl (C=O) groups excluding carboxylic acids is 1. The van der Waals surface area contributed by atoms with Crippen LogP contribution < -0.4 is 10.6 Å². The van der Waals surface area contributed by atoms with Crippen LogP contribution in [0, 0.1) is 5.92 Å². The lowest BCUT2D eigenvalue weighted by molar-refractivity contribution is 0.0697. The Balaban J connectivity index is 2.42. The highest BCUT2D eigenvalue weighted by atomic mass is 16.4. The number of rotatable bonds is 7. The van der Waals surface area contributed by atoms with Gasteiger partial charge in [0.15, 0.2) is 0 Å². The number of carbonyl (C=O) groups is 2. The van der Waals surface area contributed by atoms with Crippen molar-refractivity contribution in [3.05, 3.63) is 29.8 Å². The van der Waals surface area contributed by atoms with Crippen LogP contribution in [0.4, 0.5) is 10.5 Å². The van der Waals surface area contributed by atoms with Crippen LogP contribution in [0.5, 0.6) is 0 Å². The first kappa shape index (κ1) is 17.0. The van der Waals surface area contributed by atoms with Crippen molar-refractivity contribution in [2.45, 2.75) is 46.1 Å². The molecule has 0 radical (unpaired) electrons. The highest BCUT2D eigenvalue weighted by Crippen LogP contribution is 2.11. The number of aromatic carboxylic acids is 1. The third-order valence-electron chi connectivity index (χ3n) is 3.16. The molecule has 1 rings (SSSR count). The summed E-state index contributed by atoms with van der Waals surface area (Å²) >= 11 is 0. The van der Waals surface area contributed by atoms with Gasteiger partial charge >= 0.3 is 12.0 Å². The topological polar surface area (TPSA) is 78.4 Å². The SMILES string of the molecule is CC(C)CCCC(C)NC(=O)Nc1cccc(C(=O)O)c1. The molecule has 5 heteroatoms. The van der Waals surface area contributed by atoms with E-state index in [1.807, 2.05) is 6.92 Å². The van der Waals surface area contributed by atoms with Crippen LogP contribution in [0.2, 0.25) is 0 Å². The van der Waals surface area contributed by atoms with E-state index in [-0.39, 0.29) is 17.6 Å². The van der Waals surface area contributed by atoms with E-state index in [0.29, 0.717) is 11.6 Å². The molecule has 0 aromatic heterocycles. The quantitative estimate of drug-likeness (QED) is 0.716. The molecular formula is C16H24N2O3. The van der Waals surface area contributed by atoms with E-state index in [1.54, 1.807) is 12.1 Å². The minimum absolute atomic E-state index is 0.0893. The maximum Gasteiger partial charge on any atom is 0.335 e. The maximum absolute atomic E-state index is 11.8. The molecule has 0 aliphatic heterocycles. The Labute approximate surface area is 125 Å². The molecule has 0 saturated heterocycles. The summed E-state index contributed by atoms with van der Waals surface area (Å²) < 4.78 is 0. The fourth-order valence-corrected chi connectivity index (χ4v) is 2.03. The van der Waals surface area contributed by atoms with Crippen LogP contribution in [0.3, 0.4) is 0 Å². The van der Waals surface area contributed by atoms with Gasteiger partial charge in [0.1, 0.15) is 0 Å². The fourth-order valence-electron chi connectivity index (χ4n) is 2.03. The summed E-state index contributed by atoms with van der Waals surface area (Å²) in [6.45, 7) is 6.33. The fraction of sp³-hybridized carbons (Fsp3) is 0.500. The highest BCUT2D eigenvalue weighted by Gasteiger charge is 2.09. The Bertz CT molecular complexity index is 486. The van der Waals surface area contributed by atoms with Gasteiger partial charge in [0, 0.05) is 11.7 Å². The van der Waals surface area contributed by atoms with Gasteiger partial charge in [-0.3, -0.25) is 0 Å². The molecule has 0 spiro atoms. The number of hydrogen-bond acceptors (Lipinski definition) is 2. The van der Waals surface area contributed by atoms with E-state index in [4.69, 9.17) is 5.11 Å². The molecule has 5 nitrogen and oxygen atoms in total. The second-order valence-electron chi connectivity index (χ2n) is 5.71. The predicted molar refractivity (Wildman–Crippen MR) is 83.7 cm³/mol. The molecule has 1 unspecified atom stereocenters. The Morgan fingerprint density at radius 3 is 2.52 bits per heavy atom. The van der Waals surface area contributed by atoms with Crippen molar-refractivity contribution < 1.29 is 14.7 Å². The zero-order chi connectivity index (χ0) is 15.8. The minimum Gasteiger partial charge on any atom is -0.478 e.